The Kier molecular flexibility index (Phi) is 7.38. The first kappa shape index (κ1) is 21.0. The van der Waals surface area contributed by atoms with E-state index in [9.17, 15) is 4.79 Å². The first-order valence-corrected chi connectivity index (χ1v) is 10.7. The van der Waals surface area contributed by atoms with Crippen LogP contribution >= 0.6 is 27.7 Å². The van der Waals surface area contributed by atoms with Gasteiger partial charge in [0, 0.05) is 26.9 Å². The number of nitrogens with one attached hydrogen (secondary N) is 1. The largest absolute Gasteiger partial charge is 0.495 e. The second kappa shape index (κ2) is 10.2. The van der Waals surface area contributed by atoms with Gasteiger partial charge in [0.05, 0.1) is 12.8 Å². The average Bonchev–Trinajstić information content (AvgIpc) is 2.73. The molecule has 4 nitrogen and oxygen atoms in total. The van der Waals surface area contributed by atoms with E-state index >= 15 is 0 Å². The standard InChI is InChI=1S/C23H20BrNO3S/c1-28-22-11-8-18(24)14-21(22)25-20-10-9-19(13-17(20)7-12-23(26)27)29-15-16-5-3-2-4-6-16/h2-14,25H,15H2,1H3,(H,26,27)/b12-7+. The van der Waals surface area contributed by atoms with Crippen molar-refractivity contribution in [3.05, 3.63) is 88.4 Å². The molecule has 0 aliphatic heterocycles. The fraction of sp³-hybridized carbons (Fsp3) is 0.0870. The molecule has 2 N–H and O–H groups in total. The maximum Gasteiger partial charge on any atom is 0.328 e. The molecule has 0 atom stereocenters. The molecule has 3 aromatic rings. The third kappa shape index (κ3) is 6.14. The molecule has 29 heavy (non-hydrogen) atoms. The van der Waals surface area contributed by atoms with Crippen LogP contribution in [0.4, 0.5) is 11.4 Å². The van der Waals surface area contributed by atoms with Gasteiger partial charge in [-0.25, -0.2) is 4.79 Å². The summed E-state index contributed by atoms with van der Waals surface area (Å²) in [5, 5.41) is 12.4. The summed E-state index contributed by atoms with van der Waals surface area (Å²) >= 11 is 5.18. The number of aliphatic carboxylic acids is 1. The van der Waals surface area contributed by atoms with E-state index in [1.54, 1.807) is 24.9 Å². The van der Waals surface area contributed by atoms with Gasteiger partial charge in [-0.3, -0.25) is 0 Å². The van der Waals surface area contributed by atoms with Crippen LogP contribution < -0.4 is 10.1 Å². The minimum atomic E-state index is -0.988. The van der Waals surface area contributed by atoms with Crippen LogP contribution in [0.1, 0.15) is 11.1 Å². The maximum absolute atomic E-state index is 11.0. The number of hydrogen-bond acceptors (Lipinski definition) is 4. The van der Waals surface area contributed by atoms with Crippen molar-refractivity contribution in [2.45, 2.75) is 10.6 Å². The van der Waals surface area contributed by atoms with Crippen LogP contribution in [0.5, 0.6) is 5.75 Å². The lowest BCUT2D eigenvalue weighted by Gasteiger charge is -2.15. The molecular weight excluding hydrogens is 450 g/mol. The molecule has 0 heterocycles. The van der Waals surface area contributed by atoms with E-state index in [1.807, 2.05) is 54.6 Å². The van der Waals surface area contributed by atoms with Crippen LogP contribution in [0.3, 0.4) is 0 Å². The summed E-state index contributed by atoms with van der Waals surface area (Å²) in [6.45, 7) is 0. The second-order valence-electron chi connectivity index (χ2n) is 6.16. The highest BCUT2D eigenvalue weighted by Crippen LogP contribution is 2.34. The zero-order valence-electron chi connectivity index (χ0n) is 15.8. The lowest BCUT2D eigenvalue weighted by Crippen LogP contribution is -1.97. The summed E-state index contributed by atoms with van der Waals surface area (Å²) in [6.07, 6.45) is 2.74. The van der Waals surface area contributed by atoms with Gasteiger partial charge in [0.1, 0.15) is 5.75 Å². The van der Waals surface area contributed by atoms with Crippen molar-refractivity contribution < 1.29 is 14.6 Å². The molecule has 0 spiro atoms. The SMILES string of the molecule is COc1ccc(Br)cc1Nc1ccc(SCc2ccccc2)cc1/C=C/C(=O)O. The van der Waals surface area contributed by atoms with Crippen LogP contribution in [0, 0.1) is 0 Å². The fourth-order valence-corrected chi connectivity index (χ4v) is 3.97. The molecule has 0 radical (unpaired) electrons. The first-order chi connectivity index (χ1) is 14.0. The van der Waals surface area contributed by atoms with Crippen LogP contribution in [-0.2, 0) is 10.5 Å². The molecule has 0 unspecified atom stereocenters. The summed E-state index contributed by atoms with van der Waals surface area (Å²) in [5.41, 5.74) is 3.60. The quantitative estimate of drug-likeness (QED) is 0.287. The van der Waals surface area contributed by atoms with E-state index < -0.39 is 5.97 Å². The topological polar surface area (TPSA) is 58.6 Å². The number of carbonyl (C=O) groups is 1. The van der Waals surface area contributed by atoms with Crippen molar-refractivity contribution in [3.8, 4) is 5.75 Å². The van der Waals surface area contributed by atoms with E-state index in [-0.39, 0.29) is 0 Å². The van der Waals surface area contributed by atoms with E-state index in [0.29, 0.717) is 5.75 Å². The Bertz CT molecular complexity index is 1020. The van der Waals surface area contributed by atoms with Crippen molar-refractivity contribution in [1.29, 1.82) is 0 Å². The Labute approximate surface area is 182 Å². The Morgan fingerprint density at radius 2 is 1.90 bits per heavy atom. The van der Waals surface area contributed by atoms with Gasteiger partial charge in [-0.2, -0.15) is 0 Å². The minimum Gasteiger partial charge on any atom is -0.495 e. The van der Waals surface area contributed by atoms with E-state index in [1.165, 1.54) is 5.56 Å². The number of rotatable bonds is 8. The molecule has 0 amide bonds. The van der Waals surface area contributed by atoms with Crippen LogP contribution in [0.2, 0.25) is 0 Å². The molecule has 0 aliphatic carbocycles. The molecule has 0 bridgehead atoms. The molecule has 0 fully saturated rings. The lowest BCUT2D eigenvalue weighted by atomic mass is 10.1. The molecule has 3 rings (SSSR count). The highest BCUT2D eigenvalue weighted by Gasteiger charge is 2.08. The average molecular weight is 470 g/mol. The van der Waals surface area contributed by atoms with Gasteiger partial charge in [0.2, 0.25) is 0 Å². The highest BCUT2D eigenvalue weighted by molar-refractivity contribution is 9.10. The number of carboxylic acid groups (broad SMARTS) is 1. The number of methoxy groups -OCH3 is 1. The fourth-order valence-electron chi connectivity index (χ4n) is 2.71. The van der Waals surface area contributed by atoms with Crippen LogP contribution in [0.25, 0.3) is 6.08 Å². The van der Waals surface area contributed by atoms with Crippen molar-refractivity contribution in [2.75, 3.05) is 12.4 Å². The number of carboxylic acids is 1. The summed E-state index contributed by atoms with van der Waals surface area (Å²) in [7, 11) is 1.61. The van der Waals surface area contributed by atoms with Crippen LogP contribution in [-0.4, -0.2) is 18.2 Å². The zero-order valence-corrected chi connectivity index (χ0v) is 18.2. The van der Waals surface area contributed by atoms with Crippen molar-refractivity contribution >= 4 is 51.1 Å². The minimum absolute atomic E-state index is 0.698. The number of halogens is 1. The van der Waals surface area contributed by atoms with Gasteiger partial charge in [-0.15, -0.1) is 11.8 Å². The molecule has 6 heteroatoms. The van der Waals surface area contributed by atoms with E-state index in [0.717, 1.165) is 38.1 Å². The second-order valence-corrected chi connectivity index (χ2v) is 8.13. The maximum atomic E-state index is 11.0. The number of anilines is 2. The van der Waals surface area contributed by atoms with Crippen LogP contribution in [0.15, 0.2) is 82.2 Å². The smallest absolute Gasteiger partial charge is 0.328 e. The number of hydrogen-bond donors (Lipinski definition) is 2. The molecule has 148 valence electrons. The Morgan fingerprint density at radius 3 is 2.62 bits per heavy atom. The summed E-state index contributed by atoms with van der Waals surface area (Å²) in [5.74, 6) is 0.553. The van der Waals surface area contributed by atoms with Gasteiger partial charge in [-0.05, 0) is 53.6 Å². The molecule has 0 saturated carbocycles. The predicted molar refractivity (Wildman–Crippen MR) is 123 cm³/mol. The third-order valence-electron chi connectivity index (χ3n) is 4.11. The number of thioether (sulfide) groups is 1. The predicted octanol–water partition coefficient (Wildman–Crippen LogP) is 6.59. The van der Waals surface area contributed by atoms with Gasteiger partial charge in [-0.1, -0.05) is 46.3 Å². The Morgan fingerprint density at radius 1 is 1.10 bits per heavy atom. The molecule has 0 aliphatic rings. The van der Waals surface area contributed by atoms with Crippen molar-refractivity contribution in [2.24, 2.45) is 0 Å². The molecule has 3 aromatic carbocycles. The molecule has 0 saturated heterocycles. The van der Waals surface area contributed by atoms with E-state index in [2.05, 4.69) is 33.4 Å². The van der Waals surface area contributed by atoms with Gasteiger partial charge in [0.25, 0.3) is 0 Å². The number of ether oxygens (including phenoxy) is 1. The van der Waals surface area contributed by atoms with Gasteiger partial charge in [0.15, 0.2) is 0 Å². The third-order valence-corrected chi connectivity index (χ3v) is 5.67. The zero-order chi connectivity index (χ0) is 20.6. The van der Waals surface area contributed by atoms with Gasteiger partial charge >= 0.3 is 5.97 Å². The summed E-state index contributed by atoms with van der Waals surface area (Å²) in [4.78, 5) is 12.1. The monoisotopic (exact) mass is 469 g/mol. The number of benzene rings is 3. The summed E-state index contributed by atoms with van der Waals surface area (Å²) < 4.78 is 6.34. The molecular formula is C23H20BrNO3S. The lowest BCUT2D eigenvalue weighted by molar-refractivity contribution is -0.131. The Hall–Kier alpha value is -2.70. The van der Waals surface area contributed by atoms with Gasteiger partial charge < -0.3 is 15.2 Å². The molecule has 0 aromatic heterocycles. The summed E-state index contributed by atoms with van der Waals surface area (Å²) in [6, 6.07) is 21.9. The van der Waals surface area contributed by atoms with Crippen molar-refractivity contribution in [3.63, 3.8) is 0 Å². The first-order valence-electron chi connectivity index (χ1n) is 8.87. The van der Waals surface area contributed by atoms with E-state index in [4.69, 9.17) is 9.84 Å². The normalized spacial score (nSPS) is 10.8. The highest BCUT2D eigenvalue weighted by atomic mass is 79.9. The Balaban J connectivity index is 1.88. The van der Waals surface area contributed by atoms with Crippen molar-refractivity contribution in [1.82, 2.24) is 0 Å².